The lowest BCUT2D eigenvalue weighted by molar-refractivity contribution is -0.164. The van der Waals surface area contributed by atoms with Gasteiger partial charge in [-0.2, -0.15) is 0 Å². The van der Waals surface area contributed by atoms with Crippen LogP contribution in [0.25, 0.3) is 0 Å². The van der Waals surface area contributed by atoms with E-state index in [-0.39, 0.29) is 17.2 Å². The summed E-state index contributed by atoms with van der Waals surface area (Å²) in [6.07, 6.45) is 0. The number of β-lactam (4-membered cyclic amide) rings is 1. The SMILES string of the molecule is CC(=O)N1CC(C)(C)C1=O. The molecule has 1 aliphatic heterocycles. The van der Waals surface area contributed by atoms with Crippen molar-refractivity contribution in [3.8, 4) is 0 Å². The summed E-state index contributed by atoms with van der Waals surface area (Å²) < 4.78 is 0. The number of carbonyl (C=O) groups is 2. The summed E-state index contributed by atoms with van der Waals surface area (Å²) >= 11 is 0. The number of nitrogens with zero attached hydrogens (tertiary/aromatic N) is 1. The Hall–Kier alpha value is -0.860. The van der Waals surface area contributed by atoms with Crippen LogP contribution in [0.3, 0.4) is 0 Å². The molecule has 0 aromatic carbocycles. The molecule has 0 bridgehead atoms. The summed E-state index contributed by atoms with van der Waals surface area (Å²) in [7, 11) is 0. The zero-order valence-electron chi connectivity index (χ0n) is 6.47. The Morgan fingerprint density at radius 1 is 1.60 bits per heavy atom. The van der Waals surface area contributed by atoms with Gasteiger partial charge < -0.3 is 0 Å². The van der Waals surface area contributed by atoms with Crippen LogP contribution in [0.2, 0.25) is 0 Å². The van der Waals surface area contributed by atoms with Crippen molar-refractivity contribution in [2.75, 3.05) is 6.54 Å². The standard InChI is InChI=1S/C7H11NO2/c1-5(9)8-4-7(2,3)6(8)10/h4H2,1-3H3. The van der Waals surface area contributed by atoms with Crippen LogP contribution in [0.1, 0.15) is 20.8 Å². The molecule has 0 aliphatic carbocycles. The molecule has 0 saturated carbocycles. The monoisotopic (exact) mass is 141 g/mol. The highest BCUT2D eigenvalue weighted by Crippen LogP contribution is 2.30. The number of hydrogen-bond donors (Lipinski definition) is 0. The number of imide groups is 1. The van der Waals surface area contributed by atoms with Crippen LogP contribution < -0.4 is 0 Å². The van der Waals surface area contributed by atoms with E-state index in [1.807, 2.05) is 13.8 Å². The van der Waals surface area contributed by atoms with Crippen molar-refractivity contribution in [3.63, 3.8) is 0 Å². The van der Waals surface area contributed by atoms with Gasteiger partial charge in [0, 0.05) is 13.5 Å². The van der Waals surface area contributed by atoms with E-state index in [0.717, 1.165) is 0 Å². The van der Waals surface area contributed by atoms with Crippen LogP contribution in [-0.4, -0.2) is 23.3 Å². The predicted octanol–water partition coefficient (Wildman–Crippen LogP) is 0.401. The smallest absolute Gasteiger partial charge is 0.236 e. The summed E-state index contributed by atoms with van der Waals surface area (Å²) in [4.78, 5) is 22.9. The summed E-state index contributed by atoms with van der Waals surface area (Å²) in [6.45, 7) is 5.66. The van der Waals surface area contributed by atoms with Gasteiger partial charge in [0.15, 0.2) is 0 Å². The van der Waals surface area contributed by atoms with Crippen LogP contribution in [0, 0.1) is 5.41 Å². The van der Waals surface area contributed by atoms with Gasteiger partial charge in [0.25, 0.3) is 0 Å². The number of amides is 2. The van der Waals surface area contributed by atoms with E-state index in [0.29, 0.717) is 6.54 Å². The van der Waals surface area contributed by atoms with E-state index in [4.69, 9.17) is 0 Å². The van der Waals surface area contributed by atoms with Gasteiger partial charge in [-0.15, -0.1) is 0 Å². The third-order valence-electron chi connectivity index (χ3n) is 1.76. The molecule has 3 heteroatoms. The minimum Gasteiger partial charge on any atom is -0.281 e. The highest BCUT2D eigenvalue weighted by molar-refractivity contribution is 6.01. The highest BCUT2D eigenvalue weighted by Gasteiger charge is 2.45. The first kappa shape index (κ1) is 7.25. The molecule has 0 atom stereocenters. The van der Waals surface area contributed by atoms with Gasteiger partial charge in [-0.25, -0.2) is 0 Å². The van der Waals surface area contributed by atoms with Gasteiger partial charge >= 0.3 is 0 Å². The largest absolute Gasteiger partial charge is 0.281 e. The molecule has 1 saturated heterocycles. The van der Waals surface area contributed by atoms with Gasteiger partial charge in [0.05, 0.1) is 5.41 Å². The fourth-order valence-electron chi connectivity index (χ4n) is 1.06. The lowest BCUT2D eigenvalue weighted by atomic mass is 9.83. The third kappa shape index (κ3) is 0.818. The normalized spacial score (nSPS) is 22.3. The van der Waals surface area contributed by atoms with Crippen molar-refractivity contribution >= 4 is 11.8 Å². The van der Waals surface area contributed by atoms with E-state index in [1.165, 1.54) is 11.8 Å². The zero-order chi connectivity index (χ0) is 7.94. The highest BCUT2D eigenvalue weighted by atomic mass is 16.2. The van der Waals surface area contributed by atoms with E-state index >= 15 is 0 Å². The van der Waals surface area contributed by atoms with Crippen LogP contribution in [-0.2, 0) is 9.59 Å². The van der Waals surface area contributed by atoms with Crippen LogP contribution in [0.4, 0.5) is 0 Å². The Kier molecular flexibility index (Phi) is 1.31. The molecule has 1 aliphatic rings. The molecule has 0 radical (unpaired) electrons. The predicted molar refractivity (Wildman–Crippen MR) is 36.2 cm³/mol. The molecule has 0 spiro atoms. The van der Waals surface area contributed by atoms with Gasteiger partial charge in [-0.05, 0) is 13.8 Å². The molecule has 3 nitrogen and oxygen atoms in total. The molecule has 0 aromatic rings. The molecule has 56 valence electrons. The summed E-state index contributed by atoms with van der Waals surface area (Å²) in [5.41, 5.74) is -0.300. The first-order chi connectivity index (χ1) is 4.45. The van der Waals surface area contributed by atoms with Gasteiger partial charge in [-0.1, -0.05) is 0 Å². The van der Waals surface area contributed by atoms with Crippen molar-refractivity contribution in [3.05, 3.63) is 0 Å². The number of likely N-dealkylation sites (tertiary alicyclic amines) is 1. The van der Waals surface area contributed by atoms with E-state index in [9.17, 15) is 9.59 Å². The Morgan fingerprint density at radius 2 is 2.10 bits per heavy atom. The van der Waals surface area contributed by atoms with Crippen molar-refractivity contribution in [1.29, 1.82) is 0 Å². The summed E-state index contributed by atoms with van der Waals surface area (Å²) in [5, 5.41) is 0. The molecule has 0 unspecified atom stereocenters. The molecule has 0 aromatic heterocycles. The van der Waals surface area contributed by atoms with E-state index < -0.39 is 0 Å². The Labute approximate surface area is 60.0 Å². The van der Waals surface area contributed by atoms with Gasteiger partial charge in [0.2, 0.25) is 11.8 Å². The fourth-order valence-corrected chi connectivity index (χ4v) is 1.06. The van der Waals surface area contributed by atoms with E-state index in [1.54, 1.807) is 0 Å². The zero-order valence-corrected chi connectivity index (χ0v) is 6.47. The average Bonchev–Trinajstić information content (AvgIpc) is 1.82. The minimum atomic E-state index is -0.300. The maximum absolute atomic E-state index is 11.0. The maximum atomic E-state index is 11.0. The Morgan fingerprint density at radius 3 is 2.20 bits per heavy atom. The summed E-state index contributed by atoms with van der Waals surface area (Å²) in [5.74, 6) is -0.204. The second kappa shape index (κ2) is 1.81. The Balaban J connectivity index is 2.64. The molecule has 2 amide bonds. The number of rotatable bonds is 0. The molecular weight excluding hydrogens is 130 g/mol. The number of hydrogen-bond acceptors (Lipinski definition) is 2. The van der Waals surface area contributed by atoms with Crippen molar-refractivity contribution < 1.29 is 9.59 Å². The molecule has 0 N–H and O–H groups in total. The molecule has 10 heavy (non-hydrogen) atoms. The fraction of sp³-hybridized carbons (Fsp3) is 0.714. The van der Waals surface area contributed by atoms with E-state index in [2.05, 4.69) is 0 Å². The molecule has 1 heterocycles. The van der Waals surface area contributed by atoms with Gasteiger partial charge in [-0.3, -0.25) is 14.5 Å². The lowest BCUT2D eigenvalue weighted by Gasteiger charge is -2.42. The van der Waals surface area contributed by atoms with Crippen molar-refractivity contribution in [2.24, 2.45) is 5.41 Å². The van der Waals surface area contributed by atoms with Crippen LogP contribution >= 0.6 is 0 Å². The number of carbonyl (C=O) groups excluding carboxylic acids is 2. The molecule has 1 fully saturated rings. The second-order valence-electron chi connectivity index (χ2n) is 3.29. The van der Waals surface area contributed by atoms with Crippen molar-refractivity contribution in [2.45, 2.75) is 20.8 Å². The van der Waals surface area contributed by atoms with Crippen LogP contribution in [0.15, 0.2) is 0 Å². The summed E-state index contributed by atoms with van der Waals surface area (Å²) in [6, 6.07) is 0. The average molecular weight is 141 g/mol. The maximum Gasteiger partial charge on any atom is 0.236 e. The van der Waals surface area contributed by atoms with Gasteiger partial charge in [0.1, 0.15) is 0 Å². The van der Waals surface area contributed by atoms with Crippen LogP contribution in [0.5, 0.6) is 0 Å². The first-order valence-electron chi connectivity index (χ1n) is 3.28. The third-order valence-corrected chi connectivity index (χ3v) is 1.76. The second-order valence-corrected chi connectivity index (χ2v) is 3.29. The topological polar surface area (TPSA) is 37.4 Å². The van der Waals surface area contributed by atoms with Crippen molar-refractivity contribution in [1.82, 2.24) is 4.90 Å². The molecule has 1 rings (SSSR count). The molecular formula is C7H11NO2. The first-order valence-corrected chi connectivity index (χ1v) is 3.28. The lowest BCUT2D eigenvalue weighted by Crippen LogP contribution is -2.59. The quantitative estimate of drug-likeness (QED) is 0.458. The Bertz CT molecular complexity index is 196. The minimum absolute atomic E-state index is 0.0556.